The van der Waals surface area contributed by atoms with Crippen LogP contribution < -0.4 is 5.22 Å². The van der Waals surface area contributed by atoms with Gasteiger partial charge in [0.25, 0.3) is 0 Å². The third-order valence-electron chi connectivity index (χ3n) is 1.88. The molecule has 0 amide bonds. The number of rotatable bonds is 0. The van der Waals surface area contributed by atoms with E-state index in [1.807, 2.05) is 0 Å². The van der Waals surface area contributed by atoms with Gasteiger partial charge in [-0.25, -0.2) is 0 Å². The summed E-state index contributed by atoms with van der Waals surface area (Å²) in [6.07, 6.45) is 12.6. The van der Waals surface area contributed by atoms with E-state index < -0.39 is 0 Å². The van der Waals surface area contributed by atoms with Crippen molar-refractivity contribution in [1.29, 1.82) is 0 Å². The second kappa shape index (κ2) is 5.05. The lowest BCUT2D eigenvalue weighted by atomic mass is 10.3. The second-order valence-electron chi connectivity index (χ2n) is 2.89. The highest BCUT2D eigenvalue weighted by Gasteiger charge is 1.81. The van der Waals surface area contributed by atoms with Crippen molar-refractivity contribution in [3.8, 4) is 0 Å². The van der Waals surface area contributed by atoms with E-state index in [1.54, 1.807) is 0 Å². The van der Waals surface area contributed by atoms with Gasteiger partial charge in [0, 0.05) is 3.15 Å². The first-order valence-corrected chi connectivity index (χ1v) is 6.85. The Kier molecular flexibility index (Phi) is 3.46. The van der Waals surface area contributed by atoms with Crippen LogP contribution >= 0.6 is 20.7 Å². The van der Waals surface area contributed by atoms with E-state index in [9.17, 15) is 0 Å². The molecular formula is C13H11I. The summed E-state index contributed by atoms with van der Waals surface area (Å²) in [6.45, 7) is 0. The normalized spacial score (nSPS) is 22.3. The van der Waals surface area contributed by atoms with Crippen LogP contribution in [0.4, 0.5) is 0 Å². The van der Waals surface area contributed by atoms with E-state index in [0.717, 1.165) is 0 Å². The minimum atomic E-state index is 0.0231. The summed E-state index contributed by atoms with van der Waals surface area (Å²) in [7, 11) is 0. The van der Waals surface area contributed by atoms with Crippen molar-refractivity contribution in [2.75, 3.05) is 0 Å². The number of fused-ring (bicyclic) bond motifs is 1. The molecule has 2 rings (SSSR count). The Morgan fingerprint density at radius 1 is 0.786 bits per heavy atom. The van der Waals surface area contributed by atoms with Crippen LogP contribution in [0.2, 0.25) is 0 Å². The maximum absolute atomic E-state index is 2.29. The molecule has 0 N–H and O–H groups in total. The highest BCUT2D eigenvalue weighted by Crippen LogP contribution is 2.05. The molecule has 0 atom stereocenters. The zero-order valence-corrected chi connectivity index (χ0v) is 9.89. The highest BCUT2D eigenvalue weighted by molar-refractivity contribution is 14.2. The largest absolute Gasteiger partial charge is 0.0850 e. The van der Waals surface area contributed by atoms with Gasteiger partial charge in [-0.15, -0.1) is 0 Å². The first-order valence-electron chi connectivity index (χ1n) is 4.52. The smallest absolute Gasteiger partial charge is 0.0149 e. The molecule has 1 heteroatoms. The molecule has 0 radical (unpaired) electrons. The molecule has 0 nitrogen and oxygen atoms in total. The van der Waals surface area contributed by atoms with Gasteiger partial charge in [-0.1, -0.05) is 75.4 Å². The lowest BCUT2D eigenvalue weighted by molar-refractivity contribution is 1.59. The predicted octanol–water partition coefficient (Wildman–Crippen LogP) is 3.33. The molecule has 0 aromatic heterocycles. The van der Waals surface area contributed by atoms with Gasteiger partial charge >= 0.3 is 0 Å². The molecule has 0 fully saturated rings. The van der Waals surface area contributed by atoms with Crippen molar-refractivity contribution in [2.45, 2.75) is 0 Å². The fourth-order valence-corrected chi connectivity index (χ4v) is 3.18. The van der Waals surface area contributed by atoms with Gasteiger partial charge in [0.05, 0.1) is 0 Å². The molecule has 14 heavy (non-hydrogen) atoms. The Morgan fingerprint density at radius 3 is 2.57 bits per heavy atom. The van der Waals surface area contributed by atoms with Crippen LogP contribution in [0.25, 0.3) is 6.08 Å². The van der Waals surface area contributed by atoms with Crippen LogP contribution in [-0.4, -0.2) is 0 Å². The Bertz CT molecular complexity index is 457. The maximum Gasteiger partial charge on any atom is 0.0149 e. The molecule has 1 heterocycles. The third kappa shape index (κ3) is 2.51. The minimum absolute atomic E-state index is 0.0231. The summed E-state index contributed by atoms with van der Waals surface area (Å²) in [6, 6.07) is 8.62. The summed E-state index contributed by atoms with van der Waals surface area (Å²) in [4.78, 5) is 0. The van der Waals surface area contributed by atoms with E-state index in [-0.39, 0.29) is 20.7 Å². The zero-order chi connectivity index (χ0) is 9.64. The van der Waals surface area contributed by atoms with Crippen molar-refractivity contribution in [1.82, 2.24) is 0 Å². The van der Waals surface area contributed by atoms with Crippen molar-refractivity contribution < 1.29 is 0 Å². The van der Waals surface area contributed by atoms with Gasteiger partial charge in [-0.3, -0.25) is 0 Å². The fraction of sp³-hybridized carbons (Fsp3) is 0. The maximum atomic E-state index is 2.29. The monoisotopic (exact) mass is 294 g/mol. The summed E-state index contributed by atoms with van der Waals surface area (Å²) in [5, 5.41) is 1.36. The predicted molar refractivity (Wildman–Crippen MR) is 70.8 cm³/mol. The molecule has 0 saturated carbocycles. The molecule has 70 valence electrons. The van der Waals surface area contributed by atoms with Crippen molar-refractivity contribution in [2.24, 2.45) is 0 Å². The highest BCUT2D eigenvalue weighted by atomic mass is 127. The number of allylic oxidation sites excluding steroid dienone is 5. The lowest BCUT2D eigenvalue weighted by Gasteiger charge is -1.88. The molecule has 0 unspecified atom stereocenters. The van der Waals surface area contributed by atoms with Crippen LogP contribution in [-0.2, 0) is 0 Å². The molecule has 1 aliphatic rings. The standard InChI is InChI=1S/C13H11I/c1-2-4-8-12-9-5-6-10-13(12)14-11-7-3-1/h1-11H/b2-1?,3-1?,4-2?,7-3?,8-4?,11-7+,12-8-. The SMILES string of the molecule is C1=C/C=c2/cccc/c2=I/C=C/C=C1. The second-order valence-corrected chi connectivity index (χ2v) is 5.39. The molecule has 1 aliphatic heterocycles. The number of halogens is 1. The van der Waals surface area contributed by atoms with E-state index in [4.69, 9.17) is 0 Å². The summed E-state index contributed by atoms with van der Waals surface area (Å²) < 4.78 is 3.78. The van der Waals surface area contributed by atoms with Crippen LogP contribution in [0.15, 0.2) is 58.7 Å². The summed E-state index contributed by atoms with van der Waals surface area (Å²) in [5.74, 6) is 0. The average Bonchev–Trinajstić information content (AvgIpc) is 2.25. The van der Waals surface area contributed by atoms with E-state index >= 15 is 0 Å². The lowest BCUT2D eigenvalue weighted by Crippen LogP contribution is -1.98. The number of hydrogen-bond donors (Lipinski definition) is 0. The summed E-state index contributed by atoms with van der Waals surface area (Å²) >= 11 is 0.0231. The van der Waals surface area contributed by atoms with Crippen molar-refractivity contribution >= 4 is 26.8 Å². The quantitative estimate of drug-likeness (QED) is 0.644. The van der Waals surface area contributed by atoms with Gasteiger partial charge < -0.3 is 0 Å². The van der Waals surface area contributed by atoms with Gasteiger partial charge in [0.2, 0.25) is 0 Å². The van der Waals surface area contributed by atoms with E-state index in [1.165, 1.54) is 8.37 Å². The van der Waals surface area contributed by atoms with Gasteiger partial charge in [0.1, 0.15) is 0 Å². The van der Waals surface area contributed by atoms with Gasteiger partial charge in [0.15, 0.2) is 0 Å². The average molecular weight is 294 g/mol. The Labute approximate surface area is 93.7 Å². The minimum Gasteiger partial charge on any atom is -0.0850 e. The van der Waals surface area contributed by atoms with E-state index in [2.05, 4.69) is 64.8 Å². The molecule has 0 spiro atoms. The zero-order valence-electron chi connectivity index (χ0n) is 7.73. The van der Waals surface area contributed by atoms with Crippen LogP contribution in [0.1, 0.15) is 0 Å². The fourth-order valence-electron chi connectivity index (χ4n) is 1.21. The molecular weight excluding hydrogens is 283 g/mol. The topological polar surface area (TPSA) is 0 Å². The van der Waals surface area contributed by atoms with Crippen LogP contribution in [0.3, 0.4) is 0 Å². The molecule has 1 aromatic rings. The Balaban J connectivity index is 2.67. The number of benzene rings is 1. The van der Waals surface area contributed by atoms with E-state index in [0.29, 0.717) is 0 Å². The van der Waals surface area contributed by atoms with Crippen LogP contribution in [0.5, 0.6) is 0 Å². The van der Waals surface area contributed by atoms with Crippen LogP contribution in [0, 0.1) is 3.15 Å². The third-order valence-corrected chi connectivity index (χ3v) is 4.31. The first-order chi connectivity index (χ1) is 6.97. The summed E-state index contributed by atoms with van der Waals surface area (Å²) in [5.41, 5.74) is 0. The Hall–Kier alpha value is -0.960. The molecule has 0 bridgehead atoms. The molecule has 0 aliphatic carbocycles. The molecule has 0 saturated heterocycles. The van der Waals surface area contributed by atoms with Gasteiger partial charge in [-0.05, 0) is 15.4 Å². The van der Waals surface area contributed by atoms with Crippen molar-refractivity contribution in [3.05, 3.63) is 67.1 Å². The number of hydrogen-bond acceptors (Lipinski definition) is 0. The van der Waals surface area contributed by atoms with Gasteiger partial charge in [-0.2, -0.15) is 0 Å². The molecule has 1 aromatic carbocycles. The Morgan fingerprint density at radius 2 is 1.57 bits per heavy atom. The van der Waals surface area contributed by atoms with Crippen molar-refractivity contribution in [3.63, 3.8) is 0 Å². The first kappa shape index (κ1) is 9.59.